The van der Waals surface area contributed by atoms with Gasteiger partial charge in [-0.15, -0.1) is 0 Å². The van der Waals surface area contributed by atoms with Gasteiger partial charge in [0.25, 0.3) is 0 Å². The first kappa shape index (κ1) is 10.7. The van der Waals surface area contributed by atoms with Crippen molar-refractivity contribution in [1.29, 1.82) is 5.26 Å². The fraction of sp³-hybridized carbons (Fsp3) is 0.0909. The molecular formula is C11H7ClN2O2. The zero-order valence-electron chi connectivity index (χ0n) is 8.12. The van der Waals surface area contributed by atoms with E-state index in [2.05, 4.69) is 4.98 Å². The molecule has 0 saturated carbocycles. The highest BCUT2D eigenvalue weighted by Crippen LogP contribution is 2.24. The van der Waals surface area contributed by atoms with Gasteiger partial charge >= 0.3 is 0 Å². The number of aromatic amines is 1. The topological polar surface area (TPSA) is 76.9 Å². The average molecular weight is 235 g/mol. The summed E-state index contributed by atoms with van der Waals surface area (Å²) in [4.78, 5) is 14.4. The lowest BCUT2D eigenvalue weighted by Crippen LogP contribution is -2.04. The van der Waals surface area contributed by atoms with Crippen LogP contribution in [0.4, 0.5) is 0 Å². The van der Waals surface area contributed by atoms with Gasteiger partial charge in [0.1, 0.15) is 11.8 Å². The molecule has 2 N–H and O–H groups in total. The molecule has 0 saturated heterocycles. The van der Waals surface area contributed by atoms with Gasteiger partial charge in [-0.05, 0) is 11.6 Å². The predicted molar refractivity (Wildman–Crippen MR) is 60.2 cm³/mol. The van der Waals surface area contributed by atoms with Crippen molar-refractivity contribution < 1.29 is 5.11 Å². The van der Waals surface area contributed by atoms with Crippen LogP contribution in [0.25, 0.3) is 10.9 Å². The van der Waals surface area contributed by atoms with E-state index in [9.17, 15) is 4.79 Å². The Morgan fingerprint density at radius 2 is 2.25 bits per heavy atom. The number of halogens is 1. The van der Waals surface area contributed by atoms with Crippen LogP contribution in [0, 0.1) is 11.3 Å². The molecule has 16 heavy (non-hydrogen) atoms. The monoisotopic (exact) mass is 234 g/mol. The summed E-state index contributed by atoms with van der Waals surface area (Å²) in [6, 6.07) is 6.23. The predicted octanol–water partition coefficient (Wildman–Crippen LogP) is 1.55. The van der Waals surface area contributed by atoms with E-state index in [1.165, 1.54) is 6.07 Å². The van der Waals surface area contributed by atoms with Gasteiger partial charge in [0.15, 0.2) is 5.43 Å². The SMILES string of the molecule is N#Cc1cc(=O)c2ccc(CO)c(Cl)c2[nH]1. The van der Waals surface area contributed by atoms with E-state index in [1.54, 1.807) is 12.1 Å². The molecule has 0 amide bonds. The van der Waals surface area contributed by atoms with Crippen LogP contribution in [-0.2, 0) is 6.61 Å². The second-order valence-electron chi connectivity index (χ2n) is 3.28. The van der Waals surface area contributed by atoms with E-state index in [0.717, 1.165) is 0 Å². The molecule has 0 unspecified atom stereocenters. The van der Waals surface area contributed by atoms with E-state index in [4.69, 9.17) is 22.0 Å². The van der Waals surface area contributed by atoms with Gasteiger partial charge in [0, 0.05) is 11.5 Å². The molecule has 0 radical (unpaired) electrons. The number of fused-ring (bicyclic) bond motifs is 1. The molecule has 2 rings (SSSR count). The first-order chi connectivity index (χ1) is 7.67. The quantitative estimate of drug-likeness (QED) is 0.786. The summed E-state index contributed by atoms with van der Waals surface area (Å²) in [5.41, 5.74) is 0.781. The molecule has 5 heteroatoms. The third kappa shape index (κ3) is 1.56. The number of hydrogen-bond acceptors (Lipinski definition) is 3. The van der Waals surface area contributed by atoms with Gasteiger partial charge in [-0.25, -0.2) is 0 Å². The third-order valence-electron chi connectivity index (χ3n) is 2.31. The number of nitrogens with zero attached hydrogens (tertiary/aromatic N) is 1. The minimum absolute atomic E-state index is 0.148. The molecule has 1 heterocycles. The van der Waals surface area contributed by atoms with Crippen LogP contribution in [0.3, 0.4) is 0 Å². The van der Waals surface area contributed by atoms with Crippen LogP contribution in [-0.4, -0.2) is 10.1 Å². The standard InChI is InChI=1S/C11H7ClN2O2/c12-10-6(5-15)1-2-8-9(16)3-7(4-13)14-11(8)10/h1-3,15H,5H2,(H,14,16). The van der Waals surface area contributed by atoms with Gasteiger partial charge in [0.05, 0.1) is 17.1 Å². The van der Waals surface area contributed by atoms with Crippen molar-refractivity contribution in [2.24, 2.45) is 0 Å². The fourth-order valence-electron chi connectivity index (χ4n) is 1.51. The van der Waals surface area contributed by atoms with E-state index in [1.807, 2.05) is 6.07 Å². The second-order valence-corrected chi connectivity index (χ2v) is 3.66. The molecule has 0 aliphatic carbocycles. The van der Waals surface area contributed by atoms with Gasteiger partial charge in [-0.3, -0.25) is 4.79 Å². The Morgan fingerprint density at radius 3 is 2.88 bits per heavy atom. The third-order valence-corrected chi connectivity index (χ3v) is 2.75. The first-order valence-electron chi connectivity index (χ1n) is 4.52. The number of nitrogens with one attached hydrogen (secondary N) is 1. The van der Waals surface area contributed by atoms with Crippen molar-refractivity contribution >= 4 is 22.5 Å². The van der Waals surface area contributed by atoms with Crippen molar-refractivity contribution in [1.82, 2.24) is 4.98 Å². The van der Waals surface area contributed by atoms with Crippen LogP contribution < -0.4 is 5.43 Å². The number of nitriles is 1. The highest BCUT2D eigenvalue weighted by atomic mass is 35.5. The second kappa shape index (κ2) is 3.97. The maximum Gasteiger partial charge on any atom is 0.190 e. The zero-order chi connectivity index (χ0) is 11.7. The van der Waals surface area contributed by atoms with E-state index >= 15 is 0 Å². The largest absolute Gasteiger partial charge is 0.392 e. The van der Waals surface area contributed by atoms with Gasteiger partial charge < -0.3 is 10.1 Å². The van der Waals surface area contributed by atoms with E-state index < -0.39 is 0 Å². The Hall–Kier alpha value is -1.83. The lowest BCUT2D eigenvalue weighted by atomic mass is 10.1. The summed E-state index contributed by atoms with van der Waals surface area (Å²) in [5.74, 6) is 0. The molecule has 0 fully saturated rings. The normalized spacial score (nSPS) is 10.3. The van der Waals surface area contributed by atoms with Crippen molar-refractivity contribution in [2.75, 3.05) is 0 Å². The van der Waals surface area contributed by atoms with Crippen LogP contribution >= 0.6 is 11.6 Å². The van der Waals surface area contributed by atoms with Crippen LogP contribution in [0.1, 0.15) is 11.3 Å². The Kier molecular flexibility index (Phi) is 2.65. The number of rotatable bonds is 1. The molecule has 0 bridgehead atoms. The van der Waals surface area contributed by atoms with E-state index in [0.29, 0.717) is 16.5 Å². The van der Waals surface area contributed by atoms with Crippen LogP contribution in [0.15, 0.2) is 23.0 Å². The highest BCUT2D eigenvalue weighted by Gasteiger charge is 2.08. The maximum absolute atomic E-state index is 11.6. The number of H-pyrrole nitrogens is 1. The summed E-state index contributed by atoms with van der Waals surface area (Å²) < 4.78 is 0. The maximum atomic E-state index is 11.6. The number of hydrogen-bond donors (Lipinski definition) is 2. The van der Waals surface area contributed by atoms with Crippen molar-refractivity contribution in [3.05, 3.63) is 44.7 Å². The summed E-state index contributed by atoms with van der Waals surface area (Å²) in [5, 5.41) is 18.4. The average Bonchev–Trinajstić information content (AvgIpc) is 2.30. The smallest absolute Gasteiger partial charge is 0.190 e. The molecule has 1 aromatic heterocycles. The first-order valence-corrected chi connectivity index (χ1v) is 4.90. The lowest BCUT2D eigenvalue weighted by molar-refractivity contribution is 0.282. The molecule has 80 valence electrons. The molecule has 1 aromatic carbocycles. The zero-order valence-corrected chi connectivity index (χ0v) is 8.88. The fourth-order valence-corrected chi connectivity index (χ4v) is 1.78. The Balaban J connectivity index is 2.93. The van der Waals surface area contributed by atoms with Crippen LogP contribution in [0.5, 0.6) is 0 Å². The van der Waals surface area contributed by atoms with Gasteiger partial charge in [0.2, 0.25) is 0 Å². The Bertz CT molecular complexity index is 655. The van der Waals surface area contributed by atoms with E-state index in [-0.39, 0.29) is 22.8 Å². The Morgan fingerprint density at radius 1 is 1.50 bits per heavy atom. The molecule has 0 atom stereocenters. The van der Waals surface area contributed by atoms with Gasteiger partial charge in [-0.2, -0.15) is 5.26 Å². The van der Waals surface area contributed by atoms with Crippen LogP contribution in [0.2, 0.25) is 5.02 Å². The molecule has 0 aliphatic rings. The molecule has 0 spiro atoms. The van der Waals surface area contributed by atoms with Crippen molar-refractivity contribution in [2.45, 2.75) is 6.61 Å². The number of aromatic nitrogens is 1. The summed E-state index contributed by atoms with van der Waals surface area (Å²) in [6.07, 6.45) is 0. The number of aliphatic hydroxyl groups excluding tert-OH is 1. The summed E-state index contributed by atoms with van der Waals surface area (Å²) in [6.45, 7) is -0.215. The number of benzene rings is 1. The highest BCUT2D eigenvalue weighted by molar-refractivity contribution is 6.35. The lowest BCUT2D eigenvalue weighted by Gasteiger charge is -2.05. The van der Waals surface area contributed by atoms with Gasteiger partial charge in [-0.1, -0.05) is 17.7 Å². The summed E-state index contributed by atoms with van der Waals surface area (Å²) in [7, 11) is 0. The molecule has 0 aliphatic heterocycles. The minimum Gasteiger partial charge on any atom is -0.392 e. The molecule has 2 aromatic rings. The number of aliphatic hydroxyl groups is 1. The molecular weight excluding hydrogens is 228 g/mol. The molecule has 4 nitrogen and oxygen atoms in total. The van der Waals surface area contributed by atoms with Crippen molar-refractivity contribution in [3.63, 3.8) is 0 Å². The summed E-state index contributed by atoms with van der Waals surface area (Å²) >= 11 is 6.00. The van der Waals surface area contributed by atoms with Crippen molar-refractivity contribution in [3.8, 4) is 6.07 Å². The Labute approximate surface area is 95.7 Å². The number of pyridine rings is 1. The minimum atomic E-state index is -0.267.